The molecule has 0 unspecified atom stereocenters. The molecule has 1 aromatic carbocycles. The number of benzene rings is 1. The highest BCUT2D eigenvalue weighted by atomic mass is 16.1. The molecule has 2 N–H and O–H groups in total. The Morgan fingerprint density at radius 1 is 0.900 bits per heavy atom. The zero-order valence-corrected chi connectivity index (χ0v) is 10.4. The molecule has 98 valence electrons. The van der Waals surface area contributed by atoms with E-state index in [1.807, 2.05) is 30.3 Å². The molecule has 3 aromatic rings. The van der Waals surface area contributed by atoms with Crippen molar-refractivity contribution in [3.8, 4) is 11.3 Å². The Labute approximate surface area is 114 Å². The van der Waals surface area contributed by atoms with Gasteiger partial charge in [0.1, 0.15) is 0 Å². The van der Waals surface area contributed by atoms with Gasteiger partial charge in [0.15, 0.2) is 0 Å². The molecule has 0 amide bonds. The van der Waals surface area contributed by atoms with Gasteiger partial charge in [0, 0.05) is 17.3 Å². The summed E-state index contributed by atoms with van der Waals surface area (Å²) in [6, 6.07) is 12.7. The maximum Gasteiger partial charge on any atom is 0.264 e. The van der Waals surface area contributed by atoms with Gasteiger partial charge in [-0.15, -0.1) is 0 Å². The first kappa shape index (κ1) is 12.0. The van der Waals surface area contributed by atoms with Crippen LogP contribution in [0, 0.1) is 0 Å². The van der Waals surface area contributed by atoms with Crippen LogP contribution in [0.3, 0.4) is 0 Å². The first-order chi connectivity index (χ1) is 9.81. The first-order valence-corrected chi connectivity index (χ1v) is 6.01. The Bertz CT molecular complexity index is 732. The van der Waals surface area contributed by atoms with Crippen molar-refractivity contribution in [2.45, 2.75) is 0 Å². The summed E-state index contributed by atoms with van der Waals surface area (Å²) in [7, 11) is 0. The van der Waals surface area contributed by atoms with Gasteiger partial charge in [0.25, 0.3) is 5.56 Å². The van der Waals surface area contributed by atoms with E-state index in [-0.39, 0.29) is 5.56 Å². The van der Waals surface area contributed by atoms with E-state index in [2.05, 4.69) is 25.7 Å². The van der Waals surface area contributed by atoms with Crippen LogP contribution in [0.4, 0.5) is 11.4 Å². The summed E-state index contributed by atoms with van der Waals surface area (Å²) in [4.78, 5) is 11.0. The number of aromatic nitrogens is 4. The lowest BCUT2D eigenvalue weighted by Crippen LogP contribution is -2.05. The van der Waals surface area contributed by atoms with Crippen molar-refractivity contribution in [2.75, 3.05) is 5.32 Å². The zero-order chi connectivity index (χ0) is 13.8. The molecule has 6 heteroatoms. The number of nitrogens with one attached hydrogen (secondary N) is 2. The van der Waals surface area contributed by atoms with Crippen molar-refractivity contribution in [3.63, 3.8) is 0 Å². The Hall–Kier alpha value is -3.02. The molecule has 0 bridgehead atoms. The van der Waals surface area contributed by atoms with Gasteiger partial charge in [0.2, 0.25) is 0 Å². The average Bonchev–Trinajstić information content (AvgIpc) is 2.50. The molecule has 20 heavy (non-hydrogen) atoms. The molecule has 0 aliphatic rings. The number of H-pyrrole nitrogens is 1. The Morgan fingerprint density at radius 2 is 1.75 bits per heavy atom. The summed E-state index contributed by atoms with van der Waals surface area (Å²) in [6.45, 7) is 0. The molecule has 0 saturated heterocycles. The summed E-state index contributed by atoms with van der Waals surface area (Å²) >= 11 is 0. The molecule has 6 nitrogen and oxygen atoms in total. The summed E-state index contributed by atoms with van der Waals surface area (Å²) in [5.74, 6) is 0. The van der Waals surface area contributed by atoms with E-state index in [0.29, 0.717) is 0 Å². The van der Waals surface area contributed by atoms with Gasteiger partial charge in [-0.1, -0.05) is 12.1 Å². The highest BCUT2D eigenvalue weighted by Gasteiger charge is 2.00. The molecule has 0 radical (unpaired) electrons. The molecule has 3 rings (SSSR count). The van der Waals surface area contributed by atoms with E-state index >= 15 is 0 Å². The standard InChI is InChI=1S/C14H11N5O/c20-14-6-5-13(18-19-14)10-1-3-11(4-2-10)17-12-7-8-15-16-9-12/h1-9H,(H,15,17)(H,19,20). The monoisotopic (exact) mass is 265 g/mol. The Morgan fingerprint density at radius 3 is 2.40 bits per heavy atom. The summed E-state index contributed by atoms with van der Waals surface area (Å²) < 4.78 is 0. The number of rotatable bonds is 3. The largest absolute Gasteiger partial charge is 0.354 e. The lowest BCUT2D eigenvalue weighted by molar-refractivity contribution is 0.995. The van der Waals surface area contributed by atoms with Crippen molar-refractivity contribution < 1.29 is 0 Å². The molecule has 2 aromatic heterocycles. The van der Waals surface area contributed by atoms with Crippen molar-refractivity contribution in [1.82, 2.24) is 20.4 Å². The van der Waals surface area contributed by atoms with Gasteiger partial charge >= 0.3 is 0 Å². The number of nitrogens with zero attached hydrogens (tertiary/aromatic N) is 3. The third-order valence-corrected chi connectivity index (χ3v) is 2.73. The van der Waals surface area contributed by atoms with E-state index in [9.17, 15) is 4.79 Å². The Balaban J connectivity index is 1.81. The third kappa shape index (κ3) is 2.69. The third-order valence-electron chi connectivity index (χ3n) is 2.73. The van der Waals surface area contributed by atoms with Crippen LogP contribution < -0.4 is 10.9 Å². The van der Waals surface area contributed by atoms with Crippen molar-refractivity contribution in [3.05, 3.63) is 65.2 Å². The van der Waals surface area contributed by atoms with Crippen LogP contribution in [0.2, 0.25) is 0 Å². The average molecular weight is 265 g/mol. The summed E-state index contributed by atoms with van der Waals surface area (Å²) in [5.41, 5.74) is 3.25. The zero-order valence-electron chi connectivity index (χ0n) is 10.4. The lowest BCUT2D eigenvalue weighted by Gasteiger charge is -2.06. The van der Waals surface area contributed by atoms with Crippen LogP contribution in [-0.4, -0.2) is 20.4 Å². The van der Waals surface area contributed by atoms with Crippen molar-refractivity contribution >= 4 is 11.4 Å². The fourth-order valence-electron chi connectivity index (χ4n) is 1.76. The van der Waals surface area contributed by atoms with Crippen LogP contribution in [0.25, 0.3) is 11.3 Å². The summed E-state index contributed by atoms with van der Waals surface area (Å²) in [6.07, 6.45) is 3.28. The minimum Gasteiger partial charge on any atom is -0.354 e. The number of hydrogen-bond donors (Lipinski definition) is 2. The fourth-order valence-corrected chi connectivity index (χ4v) is 1.76. The van der Waals surface area contributed by atoms with Crippen LogP contribution >= 0.6 is 0 Å². The van der Waals surface area contributed by atoms with E-state index < -0.39 is 0 Å². The minimum atomic E-state index is -0.211. The second-order valence-electron chi connectivity index (χ2n) is 4.14. The van der Waals surface area contributed by atoms with E-state index in [4.69, 9.17) is 0 Å². The van der Waals surface area contributed by atoms with Gasteiger partial charge in [0.05, 0.1) is 23.8 Å². The maximum atomic E-state index is 11.0. The van der Waals surface area contributed by atoms with Gasteiger partial charge < -0.3 is 5.32 Å². The molecule has 0 atom stereocenters. The topological polar surface area (TPSA) is 83.6 Å². The minimum absolute atomic E-state index is 0.211. The van der Waals surface area contributed by atoms with Gasteiger partial charge in [-0.3, -0.25) is 4.79 Å². The van der Waals surface area contributed by atoms with Gasteiger partial charge in [-0.2, -0.15) is 15.3 Å². The smallest absolute Gasteiger partial charge is 0.264 e. The molecular weight excluding hydrogens is 254 g/mol. The fraction of sp³-hybridized carbons (Fsp3) is 0. The predicted octanol–water partition coefficient (Wildman–Crippen LogP) is 1.97. The molecule has 0 saturated carbocycles. The second kappa shape index (κ2) is 5.31. The highest BCUT2D eigenvalue weighted by molar-refractivity contribution is 5.65. The quantitative estimate of drug-likeness (QED) is 0.756. The second-order valence-corrected chi connectivity index (χ2v) is 4.14. The van der Waals surface area contributed by atoms with Crippen LogP contribution in [0.1, 0.15) is 0 Å². The molecule has 2 heterocycles. The number of hydrogen-bond acceptors (Lipinski definition) is 5. The SMILES string of the molecule is O=c1ccc(-c2ccc(Nc3ccnnc3)cc2)n[nH]1. The molecule has 0 fully saturated rings. The molecule has 0 spiro atoms. The van der Waals surface area contributed by atoms with E-state index in [1.54, 1.807) is 18.5 Å². The summed E-state index contributed by atoms with van der Waals surface area (Å²) in [5, 5.41) is 17.1. The van der Waals surface area contributed by atoms with E-state index in [0.717, 1.165) is 22.6 Å². The number of aromatic amines is 1. The van der Waals surface area contributed by atoms with Crippen LogP contribution in [-0.2, 0) is 0 Å². The van der Waals surface area contributed by atoms with Gasteiger partial charge in [-0.05, 0) is 24.3 Å². The van der Waals surface area contributed by atoms with Gasteiger partial charge in [-0.25, -0.2) is 5.10 Å². The maximum absolute atomic E-state index is 11.0. The predicted molar refractivity (Wildman–Crippen MR) is 75.6 cm³/mol. The van der Waals surface area contributed by atoms with Crippen LogP contribution in [0.5, 0.6) is 0 Å². The first-order valence-electron chi connectivity index (χ1n) is 6.01. The molecule has 0 aliphatic carbocycles. The Kier molecular flexibility index (Phi) is 3.20. The normalized spacial score (nSPS) is 10.2. The molecular formula is C14H11N5O. The number of anilines is 2. The van der Waals surface area contributed by atoms with Crippen molar-refractivity contribution in [1.29, 1.82) is 0 Å². The highest BCUT2D eigenvalue weighted by Crippen LogP contribution is 2.20. The van der Waals surface area contributed by atoms with E-state index in [1.165, 1.54) is 6.07 Å². The lowest BCUT2D eigenvalue weighted by atomic mass is 10.1. The molecule has 0 aliphatic heterocycles. The van der Waals surface area contributed by atoms with Crippen LogP contribution in [0.15, 0.2) is 59.7 Å². The van der Waals surface area contributed by atoms with Crippen molar-refractivity contribution in [2.24, 2.45) is 0 Å².